The van der Waals surface area contributed by atoms with Crippen molar-refractivity contribution in [2.45, 2.75) is 12.7 Å². The van der Waals surface area contributed by atoms with Crippen LogP contribution in [0.5, 0.6) is 0 Å². The molecule has 0 aliphatic carbocycles. The third-order valence-electron chi connectivity index (χ3n) is 1.80. The molecule has 0 saturated carbocycles. The molecule has 0 spiro atoms. The van der Waals surface area contributed by atoms with Crippen molar-refractivity contribution in [1.82, 2.24) is 5.32 Å². The van der Waals surface area contributed by atoms with Crippen LogP contribution in [0.1, 0.15) is 5.56 Å². The molecule has 0 amide bonds. The lowest BCUT2D eigenvalue weighted by Crippen LogP contribution is -2.28. The lowest BCUT2D eigenvalue weighted by molar-refractivity contribution is -0.384. The van der Waals surface area contributed by atoms with E-state index in [-0.39, 0.29) is 12.2 Å². The van der Waals surface area contributed by atoms with Gasteiger partial charge in [0.15, 0.2) is 0 Å². The summed E-state index contributed by atoms with van der Waals surface area (Å²) in [4.78, 5) is 9.74. The SMILES string of the molecule is O=[N+]([O-])c1ccc(CNCC(F)(F)F)cc1. The molecule has 16 heavy (non-hydrogen) atoms. The highest BCUT2D eigenvalue weighted by Gasteiger charge is 2.25. The number of hydrogen-bond acceptors (Lipinski definition) is 3. The molecule has 7 heteroatoms. The van der Waals surface area contributed by atoms with Crippen LogP contribution in [0.2, 0.25) is 0 Å². The van der Waals surface area contributed by atoms with Crippen LogP contribution in [0.25, 0.3) is 0 Å². The zero-order valence-corrected chi connectivity index (χ0v) is 8.12. The second-order valence-electron chi connectivity index (χ2n) is 3.14. The number of non-ortho nitro benzene ring substituents is 1. The molecule has 1 rings (SSSR count). The summed E-state index contributed by atoms with van der Waals surface area (Å²) >= 11 is 0. The molecule has 0 aliphatic heterocycles. The van der Waals surface area contributed by atoms with Gasteiger partial charge in [-0.25, -0.2) is 0 Å². The molecule has 0 fully saturated rings. The Morgan fingerprint density at radius 1 is 1.25 bits per heavy atom. The minimum absolute atomic E-state index is 0.0253. The molecule has 0 saturated heterocycles. The molecule has 0 unspecified atom stereocenters. The first-order chi connectivity index (χ1) is 7.38. The van der Waals surface area contributed by atoms with Crippen LogP contribution < -0.4 is 5.32 Å². The van der Waals surface area contributed by atoms with Crippen molar-refractivity contribution in [2.75, 3.05) is 6.54 Å². The van der Waals surface area contributed by atoms with Gasteiger partial charge in [0.1, 0.15) is 0 Å². The van der Waals surface area contributed by atoms with E-state index in [1.165, 1.54) is 24.3 Å². The highest BCUT2D eigenvalue weighted by atomic mass is 19.4. The second-order valence-corrected chi connectivity index (χ2v) is 3.14. The van der Waals surface area contributed by atoms with E-state index in [4.69, 9.17) is 0 Å². The van der Waals surface area contributed by atoms with Crippen LogP contribution >= 0.6 is 0 Å². The molecule has 0 bridgehead atoms. The van der Waals surface area contributed by atoms with E-state index in [0.29, 0.717) is 5.56 Å². The first-order valence-corrected chi connectivity index (χ1v) is 4.39. The smallest absolute Gasteiger partial charge is 0.305 e. The van der Waals surface area contributed by atoms with Gasteiger partial charge < -0.3 is 5.32 Å². The number of nitro benzene ring substituents is 1. The van der Waals surface area contributed by atoms with Crippen LogP contribution in [0, 0.1) is 10.1 Å². The topological polar surface area (TPSA) is 55.2 Å². The largest absolute Gasteiger partial charge is 0.401 e. The molecule has 1 aromatic rings. The van der Waals surface area contributed by atoms with E-state index in [1.807, 2.05) is 0 Å². The van der Waals surface area contributed by atoms with Crippen LogP contribution in [0.15, 0.2) is 24.3 Å². The Bertz CT molecular complexity index is 362. The maximum atomic E-state index is 11.8. The quantitative estimate of drug-likeness (QED) is 0.642. The Morgan fingerprint density at radius 2 is 1.81 bits per heavy atom. The fraction of sp³-hybridized carbons (Fsp3) is 0.333. The van der Waals surface area contributed by atoms with Gasteiger partial charge in [0.05, 0.1) is 11.5 Å². The van der Waals surface area contributed by atoms with Gasteiger partial charge in [-0.05, 0) is 5.56 Å². The van der Waals surface area contributed by atoms with E-state index < -0.39 is 17.6 Å². The predicted molar refractivity (Wildman–Crippen MR) is 50.9 cm³/mol. The average molecular weight is 234 g/mol. The molecule has 1 aromatic carbocycles. The van der Waals surface area contributed by atoms with Crippen molar-refractivity contribution in [2.24, 2.45) is 0 Å². The summed E-state index contributed by atoms with van der Waals surface area (Å²) in [5, 5.41) is 12.5. The van der Waals surface area contributed by atoms with E-state index in [9.17, 15) is 23.3 Å². The van der Waals surface area contributed by atoms with Crippen molar-refractivity contribution in [3.8, 4) is 0 Å². The highest BCUT2D eigenvalue weighted by Crippen LogP contribution is 2.14. The van der Waals surface area contributed by atoms with Gasteiger partial charge in [0, 0.05) is 18.7 Å². The van der Waals surface area contributed by atoms with Gasteiger partial charge in [-0.15, -0.1) is 0 Å². The summed E-state index contributed by atoms with van der Waals surface area (Å²) < 4.78 is 35.3. The van der Waals surface area contributed by atoms with E-state index in [2.05, 4.69) is 5.32 Å². The molecule has 0 heterocycles. The minimum atomic E-state index is -4.25. The number of halogens is 3. The van der Waals surface area contributed by atoms with Crippen molar-refractivity contribution in [1.29, 1.82) is 0 Å². The summed E-state index contributed by atoms with van der Waals surface area (Å²) in [6.45, 7) is -1.05. The van der Waals surface area contributed by atoms with Gasteiger partial charge in [0.2, 0.25) is 0 Å². The summed E-state index contributed by atoms with van der Waals surface area (Å²) in [5.41, 5.74) is 0.481. The number of nitro groups is 1. The van der Waals surface area contributed by atoms with E-state index in [0.717, 1.165) is 0 Å². The van der Waals surface area contributed by atoms with E-state index >= 15 is 0 Å². The number of hydrogen-bond donors (Lipinski definition) is 1. The molecule has 0 aromatic heterocycles. The lowest BCUT2D eigenvalue weighted by atomic mass is 10.2. The maximum absolute atomic E-state index is 11.8. The first kappa shape index (κ1) is 12.4. The monoisotopic (exact) mass is 234 g/mol. The fourth-order valence-electron chi connectivity index (χ4n) is 1.08. The van der Waals surface area contributed by atoms with Crippen molar-refractivity contribution < 1.29 is 18.1 Å². The summed E-state index contributed by atoms with van der Waals surface area (Å²) in [6, 6.07) is 5.35. The number of nitrogens with zero attached hydrogens (tertiary/aromatic N) is 1. The van der Waals surface area contributed by atoms with Gasteiger partial charge in [-0.2, -0.15) is 13.2 Å². The summed E-state index contributed by atoms with van der Waals surface area (Å²) in [5.74, 6) is 0. The summed E-state index contributed by atoms with van der Waals surface area (Å²) in [6.07, 6.45) is -4.25. The molecule has 0 radical (unpaired) electrons. The standard InChI is InChI=1S/C9H9F3N2O2/c10-9(11,12)6-13-5-7-1-3-8(4-2-7)14(15)16/h1-4,13H,5-6H2. The van der Waals surface area contributed by atoms with Gasteiger partial charge in [0.25, 0.3) is 5.69 Å². The van der Waals surface area contributed by atoms with Crippen LogP contribution in [0.4, 0.5) is 18.9 Å². The zero-order valence-electron chi connectivity index (χ0n) is 8.12. The van der Waals surface area contributed by atoms with Gasteiger partial charge >= 0.3 is 6.18 Å². The molecule has 0 atom stereocenters. The summed E-state index contributed by atoms with van der Waals surface area (Å²) in [7, 11) is 0. The third kappa shape index (κ3) is 4.26. The number of rotatable bonds is 4. The molecule has 0 aliphatic rings. The predicted octanol–water partition coefficient (Wildman–Crippen LogP) is 2.25. The van der Waals surface area contributed by atoms with Gasteiger partial charge in [-0.1, -0.05) is 12.1 Å². The van der Waals surface area contributed by atoms with Crippen LogP contribution in [0.3, 0.4) is 0 Å². The average Bonchev–Trinajstić information content (AvgIpc) is 2.16. The van der Waals surface area contributed by atoms with Crippen LogP contribution in [-0.4, -0.2) is 17.6 Å². The van der Waals surface area contributed by atoms with Crippen molar-refractivity contribution in [3.05, 3.63) is 39.9 Å². The Kier molecular flexibility index (Phi) is 3.83. The van der Waals surface area contributed by atoms with Crippen LogP contribution in [-0.2, 0) is 6.54 Å². The minimum Gasteiger partial charge on any atom is -0.305 e. The Morgan fingerprint density at radius 3 is 2.25 bits per heavy atom. The molecular formula is C9H9F3N2O2. The molecule has 88 valence electrons. The molecule has 1 N–H and O–H groups in total. The Hall–Kier alpha value is -1.63. The zero-order chi connectivity index (χ0) is 12.2. The van der Waals surface area contributed by atoms with Crippen molar-refractivity contribution in [3.63, 3.8) is 0 Å². The highest BCUT2D eigenvalue weighted by molar-refractivity contribution is 5.32. The Labute approximate surface area is 89.2 Å². The fourth-order valence-corrected chi connectivity index (χ4v) is 1.08. The lowest BCUT2D eigenvalue weighted by Gasteiger charge is -2.07. The number of alkyl halides is 3. The Balaban J connectivity index is 2.47. The number of nitrogens with one attached hydrogen (secondary N) is 1. The van der Waals surface area contributed by atoms with Gasteiger partial charge in [-0.3, -0.25) is 10.1 Å². The first-order valence-electron chi connectivity index (χ1n) is 4.39. The second kappa shape index (κ2) is 4.93. The number of benzene rings is 1. The van der Waals surface area contributed by atoms with E-state index in [1.54, 1.807) is 0 Å². The van der Waals surface area contributed by atoms with Crippen molar-refractivity contribution >= 4 is 5.69 Å². The maximum Gasteiger partial charge on any atom is 0.401 e. The molecular weight excluding hydrogens is 225 g/mol. The third-order valence-corrected chi connectivity index (χ3v) is 1.80. The normalized spacial score (nSPS) is 11.4. The molecule has 4 nitrogen and oxygen atoms in total.